The van der Waals surface area contributed by atoms with Crippen molar-refractivity contribution in [1.29, 1.82) is 0 Å². The number of allylic oxidation sites excluding steroid dienone is 1. The highest BCUT2D eigenvalue weighted by atomic mass is 16.5. The normalized spacial score (nSPS) is 26.0. The van der Waals surface area contributed by atoms with Gasteiger partial charge in [-0.05, 0) is 38.2 Å². The maximum atomic E-state index is 13.0. The molecule has 0 saturated heterocycles. The molecule has 1 fully saturated rings. The van der Waals surface area contributed by atoms with Crippen molar-refractivity contribution in [3.63, 3.8) is 0 Å². The zero-order valence-electron chi connectivity index (χ0n) is 15.5. The van der Waals surface area contributed by atoms with Crippen LogP contribution < -0.4 is 15.4 Å². The molecule has 0 aromatic heterocycles. The molecule has 3 atom stereocenters. The molecule has 2 amide bonds. The maximum Gasteiger partial charge on any atom is 0.338 e. The van der Waals surface area contributed by atoms with Gasteiger partial charge >= 0.3 is 12.0 Å². The first kappa shape index (κ1) is 18.3. The Morgan fingerprint density at radius 1 is 1.23 bits per heavy atom. The lowest BCUT2D eigenvalue weighted by molar-refractivity contribution is -0.146. The number of urea groups is 1. The number of para-hydroxylation sites is 1. The number of amides is 2. The number of carbonyl (C=O) groups excluding carboxylic acids is 2. The van der Waals surface area contributed by atoms with E-state index in [1.807, 2.05) is 24.3 Å². The van der Waals surface area contributed by atoms with Gasteiger partial charge in [-0.3, -0.25) is 0 Å². The van der Waals surface area contributed by atoms with Crippen LogP contribution in [0, 0.1) is 5.92 Å². The van der Waals surface area contributed by atoms with Crippen molar-refractivity contribution >= 4 is 12.0 Å². The lowest BCUT2D eigenvalue weighted by atomic mass is 9.88. The summed E-state index contributed by atoms with van der Waals surface area (Å²) in [6, 6.07) is 6.41. The van der Waals surface area contributed by atoms with Crippen molar-refractivity contribution in [2.45, 2.75) is 51.7 Å². The van der Waals surface area contributed by atoms with Gasteiger partial charge in [0.25, 0.3) is 0 Å². The summed E-state index contributed by atoms with van der Waals surface area (Å²) < 4.78 is 11.2. The molecule has 2 aliphatic rings. The first-order valence-corrected chi connectivity index (χ1v) is 9.11. The Labute approximate surface area is 153 Å². The van der Waals surface area contributed by atoms with Crippen molar-refractivity contribution in [2.24, 2.45) is 5.92 Å². The molecule has 0 radical (unpaired) electrons. The van der Waals surface area contributed by atoms with Crippen LogP contribution in [0.1, 0.15) is 51.1 Å². The average molecular weight is 358 g/mol. The van der Waals surface area contributed by atoms with Crippen LogP contribution in [0.5, 0.6) is 5.75 Å². The standard InChI is InChI=1S/C20H26N2O4/c1-12-7-6-8-14(11-12)26-19(23)17-13(2)21-20(24)22-18(17)15-9-4-5-10-16(15)25-3/h4-5,9-10,12,14,18H,6-8,11H2,1-3H3,(H2,21,22,24)/t12-,14+,18-/m1/s1. The molecule has 6 heteroatoms. The number of rotatable bonds is 4. The fourth-order valence-corrected chi connectivity index (χ4v) is 3.80. The van der Waals surface area contributed by atoms with Crippen LogP contribution in [0.3, 0.4) is 0 Å². The van der Waals surface area contributed by atoms with E-state index in [0.29, 0.717) is 22.9 Å². The van der Waals surface area contributed by atoms with Crippen LogP contribution in [-0.4, -0.2) is 25.2 Å². The Hall–Kier alpha value is -2.50. The summed E-state index contributed by atoms with van der Waals surface area (Å²) in [4.78, 5) is 25.0. The van der Waals surface area contributed by atoms with Gasteiger partial charge < -0.3 is 20.1 Å². The monoisotopic (exact) mass is 358 g/mol. The highest BCUT2D eigenvalue weighted by molar-refractivity contribution is 5.95. The fourth-order valence-electron chi connectivity index (χ4n) is 3.80. The number of methoxy groups -OCH3 is 1. The molecule has 1 heterocycles. The molecule has 2 N–H and O–H groups in total. The number of ether oxygens (including phenoxy) is 2. The van der Waals surface area contributed by atoms with Crippen LogP contribution in [0.4, 0.5) is 4.79 Å². The number of hydrogen-bond acceptors (Lipinski definition) is 4. The molecular weight excluding hydrogens is 332 g/mol. The molecule has 140 valence electrons. The number of esters is 1. The number of carbonyl (C=O) groups is 2. The van der Waals surface area contributed by atoms with E-state index in [1.54, 1.807) is 14.0 Å². The van der Waals surface area contributed by atoms with Crippen molar-refractivity contribution in [2.75, 3.05) is 7.11 Å². The van der Waals surface area contributed by atoms with E-state index in [1.165, 1.54) is 6.42 Å². The molecule has 26 heavy (non-hydrogen) atoms. The fraction of sp³-hybridized carbons (Fsp3) is 0.500. The van der Waals surface area contributed by atoms with Gasteiger partial charge in [-0.2, -0.15) is 0 Å². The van der Waals surface area contributed by atoms with Crippen LogP contribution >= 0.6 is 0 Å². The minimum atomic E-state index is -0.603. The SMILES string of the molecule is COc1ccccc1[C@H]1NC(=O)NC(C)=C1C(=O)O[C@H]1CCC[C@@H](C)C1. The molecule has 1 saturated carbocycles. The summed E-state index contributed by atoms with van der Waals surface area (Å²) in [7, 11) is 1.57. The highest BCUT2D eigenvalue weighted by Crippen LogP contribution is 2.34. The van der Waals surface area contributed by atoms with Gasteiger partial charge in [-0.25, -0.2) is 9.59 Å². The van der Waals surface area contributed by atoms with Gasteiger partial charge in [-0.15, -0.1) is 0 Å². The van der Waals surface area contributed by atoms with Gasteiger partial charge in [0.05, 0.1) is 18.7 Å². The summed E-state index contributed by atoms with van der Waals surface area (Å²) in [6.07, 6.45) is 3.96. The van der Waals surface area contributed by atoms with E-state index < -0.39 is 6.04 Å². The smallest absolute Gasteiger partial charge is 0.338 e. The van der Waals surface area contributed by atoms with Gasteiger partial charge in [0, 0.05) is 11.3 Å². The lowest BCUT2D eigenvalue weighted by Gasteiger charge is -2.31. The minimum absolute atomic E-state index is 0.0671. The molecule has 1 aliphatic carbocycles. The predicted octanol–water partition coefficient (Wildman–Crippen LogP) is 3.45. The van der Waals surface area contributed by atoms with Crippen LogP contribution in [-0.2, 0) is 9.53 Å². The summed E-state index contributed by atoms with van der Waals surface area (Å²) >= 11 is 0. The highest BCUT2D eigenvalue weighted by Gasteiger charge is 2.35. The van der Waals surface area contributed by atoms with Crippen molar-refractivity contribution in [3.8, 4) is 5.75 Å². The van der Waals surface area contributed by atoms with E-state index >= 15 is 0 Å². The van der Waals surface area contributed by atoms with Gasteiger partial charge in [0.1, 0.15) is 11.9 Å². The Morgan fingerprint density at radius 2 is 2.00 bits per heavy atom. The van der Waals surface area contributed by atoms with Crippen LogP contribution in [0.25, 0.3) is 0 Å². The lowest BCUT2D eigenvalue weighted by Crippen LogP contribution is -2.45. The molecule has 0 bridgehead atoms. The third-order valence-corrected chi connectivity index (χ3v) is 5.10. The second-order valence-electron chi connectivity index (χ2n) is 7.11. The third kappa shape index (κ3) is 3.84. The zero-order chi connectivity index (χ0) is 18.7. The average Bonchev–Trinajstić information content (AvgIpc) is 2.60. The molecule has 1 aliphatic heterocycles. The van der Waals surface area contributed by atoms with E-state index in [2.05, 4.69) is 17.6 Å². The molecular formula is C20H26N2O4. The quantitative estimate of drug-likeness (QED) is 0.808. The minimum Gasteiger partial charge on any atom is -0.496 e. The predicted molar refractivity (Wildman–Crippen MR) is 97.6 cm³/mol. The van der Waals surface area contributed by atoms with E-state index in [9.17, 15) is 9.59 Å². The topological polar surface area (TPSA) is 76.7 Å². The summed E-state index contributed by atoms with van der Waals surface area (Å²) in [6.45, 7) is 3.91. The first-order chi connectivity index (χ1) is 12.5. The van der Waals surface area contributed by atoms with Crippen molar-refractivity contribution in [1.82, 2.24) is 10.6 Å². The third-order valence-electron chi connectivity index (χ3n) is 5.10. The summed E-state index contributed by atoms with van der Waals surface area (Å²) in [5.41, 5.74) is 1.67. The van der Waals surface area contributed by atoms with E-state index in [4.69, 9.17) is 9.47 Å². The van der Waals surface area contributed by atoms with Crippen molar-refractivity contribution < 1.29 is 19.1 Å². The van der Waals surface area contributed by atoms with Gasteiger partial charge in [-0.1, -0.05) is 31.5 Å². The summed E-state index contributed by atoms with van der Waals surface area (Å²) in [5.74, 6) is 0.792. The van der Waals surface area contributed by atoms with E-state index in [0.717, 1.165) is 24.8 Å². The van der Waals surface area contributed by atoms with E-state index in [-0.39, 0.29) is 18.1 Å². The zero-order valence-corrected chi connectivity index (χ0v) is 15.5. The van der Waals surface area contributed by atoms with Crippen molar-refractivity contribution in [3.05, 3.63) is 41.1 Å². The number of benzene rings is 1. The second kappa shape index (κ2) is 7.81. The number of hydrogen-bond donors (Lipinski definition) is 2. The molecule has 0 spiro atoms. The summed E-state index contributed by atoms with van der Waals surface area (Å²) in [5, 5.41) is 5.51. The van der Waals surface area contributed by atoms with Gasteiger partial charge in [0.2, 0.25) is 0 Å². The molecule has 0 unspecified atom stereocenters. The van der Waals surface area contributed by atoms with Crippen LogP contribution in [0.15, 0.2) is 35.5 Å². The number of nitrogens with one attached hydrogen (secondary N) is 2. The Kier molecular flexibility index (Phi) is 5.49. The first-order valence-electron chi connectivity index (χ1n) is 9.11. The molecule has 1 aromatic rings. The Bertz CT molecular complexity index is 728. The van der Waals surface area contributed by atoms with Gasteiger partial charge in [0.15, 0.2) is 0 Å². The largest absolute Gasteiger partial charge is 0.496 e. The molecule has 6 nitrogen and oxygen atoms in total. The molecule has 1 aromatic carbocycles. The van der Waals surface area contributed by atoms with Crippen LogP contribution in [0.2, 0.25) is 0 Å². The Morgan fingerprint density at radius 3 is 2.73 bits per heavy atom. The Balaban J connectivity index is 1.89. The molecule has 3 rings (SSSR count). The second-order valence-corrected chi connectivity index (χ2v) is 7.11. The maximum absolute atomic E-state index is 13.0.